The summed E-state index contributed by atoms with van der Waals surface area (Å²) in [5.41, 5.74) is 3.51. The molecule has 1 aromatic carbocycles. The Morgan fingerprint density at radius 3 is 2.68 bits per heavy atom. The van der Waals surface area contributed by atoms with Crippen LogP contribution in [0.25, 0.3) is 23.4 Å². The maximum atomic E-state index is 13.0. The lowest BCUT2D eigenvalue weighted by atomic mass is 10.1. The first-order valence-corrected chi connectivity index (χ1v) is 11.7. The molecule has 0 unspecified atom stereocenters. The zero-order chi connectivity index (χ0) is 26.0. The van der Waals surface area contributed by atoms with Crippen LogP contribution >= 0.6 is 0 Å². The fraction of sp³-hybridized carbons (Fsp3) is 0.269. The van der Waals surface area contributed by atoms with Crippen LogP contribution in [0.2, 0.25) is 0 Å². The summed E-state index contributed by atoms with van der Waals surface area (Å²) in [6.45, 7) is 3.09. The lowest BCUT2D eigenvalue weighted by molar-refractivity contribution is -0.199. The highest BCUT2D eigenvalue weighted by atomic mass is 19.4. The summed E-state index contributed by atoms with van der Waals surface area (Å²) in [5, 5.41) is 2.65. The molecule has 2 aromatic heterocycles. The molecule has 0 atom stereocenters. The topological polar surface area (TPSA) is 85.7 Å². The van der Waals surface area contributed by atoms with E-state index in [1.54, 1.807) is 18.2 Å². The van der Waals surface area contributed by atoms with E-state index in [-0.39, 0.29) is 29.9 Å². The van der Waals surface area contributed by atoms with Gasteiger partial charge in [-0.2, -0.15) is 17.9 Å². The Morgan fingerprint density at radius 1 is 1.11 bits per heavy atom. The third-order valence-electron chi connectivity index (χ3n) is 6.15. The van der Waals surface area contributed by atoms with Crippen molar-refractivity contribution in [3.05, 3.63) is 71.2 Å². The van der Waals surface area contributed by atoms with Crippen LogP contribution in [0.5, 0.6) is 0 Å². The second-order valence-electron chi connectivity index (χ2n) is 8.53. The van der Waals surface area contributed by atoms with Gasteiger partial charge in [0.05, 0.1) is 35.9 Å². The molecule has 0 radical (unpaired) electrons. The van der Waals surface area contributed by atoms with Crippen molar-refractivity contribution in [1.82, 2.24) is 15.0 Å². The zero-order valence-electron chi connectivity index (χ0n) is 19.6. The number of amides is 1. The Hall–Kier alpha value is -4.12. The third kappa shape index (κ3) is 5.21. The number of carbonyl (C=O) groups excluding carboxylic acids is 2. The van der Waals surface area contributed by atoms with Gasteiger partial charge in [-0.05, 0) is 35.9 Å². The summed E-state index contributed by atoms with van der Waals surface area (Å²) in [7, 11) is 0. The van der Waals surface area contributed by atoms with Gasteiger partial charge in [0.25, 0.3) is 5.91 Å². The fourth-order valence-electron chi connectivity index (χ4n) is 4.39. The third-order valence-corrected chi connectivity index (χ3v) is 6.15. The molecule has 2 aliphatic heterocycles. The molecular weight excluding hydrogens is 489 g/mol. The van der Waals surface area contributed by atoms with E-state index in [1.807, 2.05) is 30.3 Å². The smallest absolute Gasteiger partial charge is 0.378 e. The number of ether oxygens (including phenoxy) is 1. The van der Waals surface area contributed by atoms with E-state index in [4.69, 9.17) is 9.57 Å². The molecule has 0 saturated carbocycles. The van der Waals surface area contributed by atoms with Crippen LogP contribution in [-0.4, -0.2) is 60.6 Å². The molecule has 2 aliphatic rings. The Morgan fingerprint density at radius 2 is 1.89 bits per heavy atom. The molecule has 1 amide bonds. The number of rotatable bonds is 5. The van der Waals surface area contributed by atoms with Gasteiger partial charge in [-0.3, -0.25) is 9.78 Å². The fourth-order valence-corrected chi connectivity index (χ4v) is 4.39. The number of pyridine rings is 1. The highest BCUT2D eigenvalue weighted by Gasteiger charge is 2.43. The van der Waals surface area contributed by atoms with Crippen LogP contribution in [-0.2, 0) is 16.0 Å². The molecule has 192 valence electrons. The number of alkyl halides is 3. The predicted molar refractivity (Wildman–Crippen MR) is 130 cm³/mol. The van der Waals surface area contributed by atoms with Gasteiger partial charge in [0, 0.05) is 43.5 Å². The van der Waals surface area contributed by atoms with Crippen molar-refractivity contribution >= 4 is 29.7 Å². The molecular formula is C26H23F3N4O4. The first-order chi connectivity index (χ1) is 17.8. The van der Waals surface area contributed by atoms with Gasteiger partial charge in [0.1, 0.15) is 0 Å². The molecule has 0 bridgehead atoms. The van der Waals surface area contributed by atoms with E-state index < -0.39 is 18.1 Å². The van der Waals surface area contributed by atoms with Crippen LogP contribution in [0.15, 0.2) is 48.7 Å². The Labute approximate surface area is 210 Å². The SMILES string of the molecule is O=C1NCCc2c1cc(-c1ccnc(C=Cc3ccccc3N3CCOCC3)c1)n2OC(=O)C(F)(F)F. The monoisotopic (exact) mass is 512 g/mol. The minimum absolute atomic E-state index is 0.144. The Kier molecular flexibility index (Phi) is 6.70. The summed E-state index contributed by atoms with van der Waals surface area (Å²) in [4.78, 5) is 35.3. The summed E-state index contributed by atoms with van der Waals surface area (Å²) in [5.74, 6) is -2.81. The minimum Gasteiger partial charge on any atom is -0.378 e. The largest absolute Gasteiger partial charge is 0.493 e. The number of para-hydroxylation sites is 1. The zero-order valence-corrected chi connectivity index (χ0v) is 19.6. The summed E-state index contributed by atoms with van der Waals surface area (Å²) < 4.78 is 45.2. The second kappa shape index (κ2) is 10.1. The number of fused-ring (bicyclic) bond motifs is 1. The van der Waals surface area contributed by atoms with Gasteiger partial charge in [0.15, 0.2) is 0 Å². The van der Waals surface area contributed by atoms with Crippen LogP contribution in [0.4, 0.5) is 18.9 Å². The van der Waals surface area contributed by atoms with Crippen LogP contribution < -0.4 is 15.1 Å². The number of anilines is 1. The van der Waals surface area contributed by atoms with Crippen LogP contribution in [0.3, 0.4) is 0 Å². The van der Waals surface area contributed by atoms with E-state index >= 15 is 0 Å². The molecule has 1 fully saturated rings. The van der Waals surface area contributed by atoms with E-state index in [9.17, 15) is 22.8 Å². The first kappa shape index (κ1) is 24.6. The summed E-state index contributed by atoms with van der Waals surface area (Å²) in [6.07, 6.45) is 0.237. The highest BCUT2D eigenvalue weighted by molar-refractivity contribution is 5.98. The van der Waals surface area contributed by atoms with Crippen molar-refractivity contribution in [1.29, 1.82) is 0 Å². The van der Waals surface area contributed by atoms with Gasteiger partial charge < -0.3 is 19.8 Å². The molecule has 11 heteroatoms. The number of benzene rings is 1. The molecule has 1 N–H and O–H groups in total. The molecule has 0 aliphatic carbocycles. The lowest BCUT2D eigenvalue weighted by Crippen LogP contribution is -2.37. The number of carbonyl (C=O) groups is 2. The minimum atomic E-state index is -5.19. The van der Waals surface area contributed by atoms with E-state index in [1.165, 1.54) is 12.3 Å². The Bertz CT molecular complexity index is 1360. The molecule has 37 heavy (non-hydrogen) atoms. The van der Waals surface area contributed by atoms with Crippen molar-refractivity contribution in [3.8, 4) is 11.3 Å². The second-order valence-corrected chi connectivity index (χ2v) is 8.53. The number of nitrogens with one attached hydrogen (secondary N) is 1. The van der Waals surface area contributed by atoms with Crippen molar-refractivity contribution in [2.75, 3.05) is 37.7 Å². The molecule has 1 saturated heterocycles. The lowest BCUT2D eigenvalue weighted by Gasteiger charge is -2.30. The van der Waals surface area contributed by atoms with Crippen molar-refractivity contribution in [3.63, 3.8) is 0 Å². The maximum absolute atomic E-state index is 13.0. The molecule has 5 rings (SSSR count). The van der Waals surface area contributed by atoms with Gasteiger partial charge in [0.2, 0.25) is 0 Å². The number of hydrogen-bond acceptors (Lipinski definition) is 6. The molecule has 0 spiro atoms. The average molecular weight is 512 g/mol. The first-order valence-electron chi connectivity index (χ1n) is 11.7. The number of nitrogens with zero attached hydrogens (tertiary/aromatic N) is 3. The van der Waals surface area contributed by atoms with Gasteiger partial charge in [-0.1, -0.05) is 24.3 Å². The van der Waals surface area contributed by atoms with E-state index in [0.29, 0.717) is 24.5 Å². The van der Waals surface area contributed by atoms with Gasteiger partial charge in [-0.15, -0.1) is 0 Å². The number of morpholine rings is 1. The van der Waals surface area contributed by atoms with Crippen molar-refractivity contribution in [2.45, 2.75) is 12.6 Å². The van der Waals surface area contributed by atoms with Crippen molar-refractivity contribution in [2.24, 2.45) is 0 Å². The summed E-state index contributed by atoms with van der Waals surface area (Å²) >= 11 is 0. The number of aromatic nitrogens is 2. The van der Waals surface area contributed by atoms with Crippen LogP contribution in [0, 0.1) is 0 Å². The molecule has 3 aromatic rings. The van der Waals surface area contributed by atoms with Crippen molar-refractivity contribution < 1.29 is 32.3 Å². The van der Waals surface area contributed by atoms with Crippen LogP contribution in [0.1, 0.15) is 27.3 Å². The molecule has 4 heterocycles. The quantitative estimate of drug-likeness (QED) is 0.565. The Balaban J connectivity index is 1.48. The van der Waals surface area contributed by atoms with E-state index in [2.05, 4.69) is 15.2 Å². The number of hydrogen-bond donors (Lipinski definition) is 1. The van der Waals surface area contributed by atoms with Gasteiger partial charge in [-0.25, -0.2) is 4.79 Å². The molecule has 8 nitrogen and oxygen atoms in total. The van der Waals surface area contributed by atoms with Gasteiger partial charge >= 0.3 is 12.1 Å². The number of halogens is 3. The van der Waals surface area contributed by atoms with E-state index in [0.717, 1.165) is 29.1 Å². The average Bonchev–Trinajstić information content (AvgIpc) is 3.27. The summed E-state index contributed by atoms with van der Waals surface area (Å²) in [6, 6.07) is 12.6. The highest BCUT2D eigenvalue weighted by Crippen LogP contribution is 2.29. The normalized spacial score (nSPS) is 16.0. The maximum Gasteiger partial charge on any atom is 0.493 e. The predicted octanol–water partition coefficient (Wildman–Crippen LogP) is 3.36. The standard InChI is InChI=1S/C26H23F3N4O4/c27-26(28,29)25(35)37-33-22-8-10-31-24(34)20(22)16-23(33)18-7-9-30-19(15-18)6-5-17-3-1-2-4-21(17)32-11-13-36-14-12-32/h1-7,9,15-16H,8,10-14H2,(H,31,34).